The maximum absolute atomic E-state index is 12.1. The largest absolute Gasteiger partial charge is 0.465 e. The molecule has 27 heavy (non-hydrogen) atoms. The first-order valence-corrected chi connectivity index (χ1v) is 10.7. The summed E-state index contributed by atoms with van der Waals surface area (Å²) in [6, 6.07) is 9.21. The summed E-state index contributed by atoms with van der Waals surface area (Å²) in [5, 5.41) is 7.78. The Morgan fingerprint density at radius 2 is 1.96 bits per heavy atom. The molecule has 8 heteroatoms. The van der Waals surface area contributed by atoms with Gasteiger partial charge in [-0.25, -0.2) is 9.78 Å². The fourth-order valence-electron chi connectivity index (χ4n) is 2.43. The molecule has 3 rings (SSSR count). The summed E-state index contributed by atoms with van der Waals surface area (Å²) in [4.78, 5) is 29.2. The lowest BCUT2D eigenvalue weighted by atomic mass is 10.1. The van der Waals surface area contributed by atoms with E-state index in [1.165, 1.54) is 7.11 Å². The van der Waals surface area contributed by atoms with Crippen molar-refractivity contribution in [2.45, 2.75) is 12.8 Å². The highest BCUT2D eigenvalue weighted by Gasteiger charge is 2.10. The Morgan fingerprint density at radius 1 is 1.19 bits per heavy atom. The number of nitrogens with one attached hydrogen (secondary N) is 1. The Bertz CT molecular complexity index is 935. The molecule has 0 aliphatic carbocycles. The molecule has 0 unspecified atom stereocenters. The van der Waals surface area contributed by atoms with Crippen LogP contribution in [0, 0.1) is 0 Å². The summed E-state index contributed by atoms with van der Waals surface area (Å²) in [6.45, 7) is 0.533. The fourth-order valence-corrected chi connectivity index (χ4v) is 4.75. The number of methoxy groups -OCH3 is 1. The van der Waals surface area contributed by atoms with Crippen molar-refractivity contribution >= 4 is 50.5 Å². The quantitative estimate of drug-likeness (QED) is 0.528. The van der Waals surface area contributed by atoms with Gasteiger partial charge >= 0.3 is 5.97 Å². The summed E-state index contributed by atoms with van der Waals surface area (Å²) in [7, 11) is 1.36. The molecule has 1 amide bonds. The van der Waals surface area contributed by atoms with Gasteiger partial charge in [0.05, 0.1) is 29.7 Å². The molecule has 3 aromatic rings. The number of carbonyl (C=O) groups excluding carboxylic acids is 2. The maximum Gasteiger partial charge on any atom is 0.337 e. The predicted molar refractivity (Wildman–Crippen MR) is 111 cm³/mol. The van der Waals surface area contributed by atoms with Crippen molar-refractivity contribution in [3.8, 4) is 9.88 Å². The first-order valence-electron chi connectivity index (χ1n) is 8.18. The second-order valence-electron chi connectivity index (χ2n) is 5.74. The van der Waals surface area contributed by atoms with Crippen molar-refractivity contribution in [1.82, 2.24) is 10.3 Å². The third-order valence-corrected chi connectivity index (χ3v) is 6.53. The number of hydrogen-bond acceptors (Lipinski definition) is 6. The second kappa shape index (κ2) is 9.25. The maximum atomic E-state index is 12.1. The number of rotatable bonds is 7. The standard InChI is InChI=1S/C19H17BrN2O3S2/c1-25-19(24)13-4-2-12(3-5-13)6-7-21-17(23)9-15-11-27-18(22-15)16-8-14(20)10-26-16/h2-5,8,10-11H,6-7,9H2,1H3,(H,21,23). The average molecular weight is 465 g/mol. The topological polar surface area (TPSA) is 68.3 Å². The predicted octanol–water partition coefficient (Wildman–Crippen LogP) is 4.32. The number of thiazole rings is 1. The molecule has 0 radical (unpaired) electrons. The third kappa shape index (κ3) is 5.47. The van der Waals surface area contributed by atoms with Crippen LogP contribution in [-0.2, 0) is 22.4 Å². The van der Waals surface area contributed by atoms with Gasteiger partial charge in [0.25, 0.3) is 0 Å². The number of nitrogens with zero attached hydrogens (tertiary/aromatic N) is 1. The number of esters is 1. The molecule has 0 bridgehead atoms. The number of thiophene rings is 1. The highest BCUT2D eigenvalue weighted by Crippen LogP contribution is 2.32. The van der Waals surface area contributed by atoms with E-state index in [2.05, 4.69) is 31.0 Å². The second-order valence-corrected chi connectivity index (χ2v) is 8.42. The molecule has 0 saturated heterocycles. The molecule has 140 valence electrons. The first kappa shape index (κ1) is 19.7. The van der Waals surface area contributed by atoms with E-state index in [9.17, 15) is 9.59 Å². The van der Waals surface area contributed by atoms with Gasteiger partial charge in [0.15, 0.2) is 0 Å². The number of ether oxygens (including phenoxy) is 1. The van der Waals surface area contributed by atoms with Crippen molar-refractivity contribution in [3.05, 3.63) is 62.4 Å². The van der Waals surface area contributed by atoms with E-state index in [0.717, 1.165) is 25.6 Å². The summed E-state index contributed by atoms with van der Waals surface area (Å²) in [6.07, 6.45) is 0.961. The molecule has 5 nitrogen and oxygen atoms in total. The van der Waals surface area contributed by atoms with Gasteiger partial charge in [0.1, 0.15) is 5.01 Å². The lowest BCUT2D eigenvalue weighted by molar-refractivity contribution is -0.120. The molecular weight excluding hydrogens is 448 g/mol. The Labute approximate surface area is 173 Å². The molecular formula is C19H17BrN2O3S2. The van der Waals surface area contributed by atoms with Gasteiger partial charge in [0.2, 0.25) is 5.91 Å². The van der Waals surface area contributed by atoms with Gasteiger partial charge in [-0.1, -0.05) is 12.1 Å². The minimum absolute atomic E-state index is 0.0506. The highest BCUT2D eigenvalue weighted by molar-refractivity contribution is 9.10. The zero-order valence-corrected chi connectivity index (χ0v) is 17.7. The van der Waals surface area contributed by atoms with Crippen molar-refractivity contribution in [1.29, 1.82) is 0 Å². The Balaban J connectivity index is 1.46. The van der Waals surface area contributed by atoms with Crippen LogP contribution < -0.4 is 5.32 Å². The van der Waals surface area contributed by atoms with E-state index >= 15 is 0 Å². The van der Waals surface area contributed by atoms with Gasteiger partial charge in [-0.05, 0) is 46.1 Å². The smallest absolute Gasteiger partial charge is 0.337 e. The monoisotopic (exact) mass is 464 g/mol. The molecule has 0 aliphatic heterocycles. The minimum atomic E-state index is -0.354. The van der Waals surface area contributed by atoms with Gasteiger partial charge in [0, 0.05) is 21.8 Å². The normalized spacial score (nSPS) is 10.6. The van der Waals surface area contributed by atoms with Crippen molar-refractivity contribution in [2.75, 3.05) is 13.7 Å². The SMILES string of the molecule is COC(=O)c1ccc(CCNC(=O)Cc2csc(-c3cc(Br)cs3)n2)cc1. The fraction of sp³-hybridized carbons (Fsp3) is 0.211. The van der Waals surface area contributed by atoms with Crippen molar-refractivity contribution in [2.24, 2.45) is 0 Å². The van der Waals surface area contributed by atoms with Crippen LogP contribution >= 0.6 is 38.6 Å². The molecule has 0 aliphatic rings. The van der Waals surface area contributed by atoms with Crippen LogP contribution in [0.5, 0.6) is 0 Å². The Morgan fingerprint density at radius 3 is 2.63 bits per heavy atom. The van der Waals surface area contributed by atoms with Gasteiger partial charge in [-0.15, -0.1) is 22.7 Å². The Hall–Kier alpha value is -2.03. The summed E-state index contributed by atoms with van der Waals surface area (Å²) in [5.74, 6) is -0.405. The summed E-state index contributed by atoms with van der Waals surface area (Å²) < 4.78 is 5.71. The molecule has 2 heterocycles. The number of aromatic nitrogens is 1. The van der Waals surface area contributed by atoms with Crippen LogP contribution in [-0.4, -0.2) is 30.5 Å². The number of carbonyl (C=O) groups is 2. The van der Waals surface area contributed by atoms with Crippen LogP contribution in [0.25, 0.3) is 9.88 Å². The number of amides is 1. The van der Waals surface area contributed by atoms with Crippen LogP contribution in [0.1, 0.15) is 21.6 Å². The van der Waals surface area contributed by atoms with E-state index < -0.39 is 0 Å². The van der Waals surface area contributed by atoms with Crippen LogP contribution in [0.15, 0.2) is 45.6 Å². The van der Waals surface area contributed by atoms with Crippen LogP contribution in [0.3, 0.4) is 0 Å². The van der Waals surface area contributed by atoms with E-state index in [-0.39, 0.29) is 18.3 Å². The molecule has 0 spiro atoms. The van der Waals surface area contributed by atoms with Crippen LogP contribution in [0.4, 0.5) is 0 Å². The highest BCUT2D eigenvalue weighted by atomic mass is 79.9. The molecule has 2 aromatic heterocycles. The lowest BCUT2D eigenvalue weighted by Gasteiger charge is -2.05. The number of hydrogen-bond donors (Lipinski definition) is 1. The summed E-state index contributed by atoms with van der Waals surface area (Å²) in [5.41, 5.74) is 2.34. The van der Waals surface area contributed by atoms with Crippen LogP contribution in [0.2, 0.25) is 0 Å². The number of benzene rings is 1. The summed E-state index contributed by atoms with van der Waals surface area (Å²) >= 11 is 6.61. The zero-order valence-electron chi connectivity index (χ0n) is 14.5. The third-order valence-electron chi connectivity index (χ3n) is 3.78. The molecule has 0 saturated carbocycles. The Kier molecular flexibility index (Phi) is 6.76. The van der Waals surface area contributed by atoms with Gasteiger partial charge in [-0.3, -0.25) is 4.79 Å². The van der Waals surface area contributed by atoms with Gasteiger partial charge in [-0.2, -0.15) is 0 Å². The molecule has 1 aromatic carbocycles. The van der Waals surface area contributed by atoms with Crippen molar-refractivity contribution in [3.63, 3.8) is 0 Å². The van der Waals surface area contributed by atoms with E-state index in [1.807, 2.05) is 29.0 Å². The zero-order chi connectivity index (χ0) is 19.2. The van der Waals surface area contributed by atoms with Crippen molar-refractivity contribution < 1.29 is 14.3 Å². The van der Waals surface area contributed by atoms with E-state index in [0.29, 0.717) is 18.5 Å². The van der Waals surface area contributed by atoms with E-state index in [1.54, 1.807) is 34.8 Å². The molecule has 0 fully saturated rings. The first-order chi connectivity index (χ1) is 13.0. The van der Waals surface area contributed by atoms with Gasteiger partial charge < -0.3 is 10.1 Å². The molecule has 1 N–H and O–H groups in total. The number of halogens is 1. The van der Waals surface area contributed by atoms with E-state index in [4.69, 9.17) is 0 Å². The molecule has 0 atom stereocenters. The minimum Gasteiger partial charge on any atom is -0.465 e. The average Bonchev–Trinajstić information content (AvgIpc) is 3.30. The lowest BCUT2D eigenvalue weighted by Crippen LogP contribution is -2.27.